The van der Waals surface area contributed by atoms with Crippen LogP contribution < -0.4 is 10.2 Å². The highest BCUT2D eigenvalue weighted by Gasteiger charge is 2.28. The Bertz CT molecular complexity index is 842. The van der Waals surface area contributed by atoms with Gasteiger partial charge in [0.2, 0.25) is 5.91 Å². The molecule has 1 aliphatic rings. The molecule has 1 aromatic carbocycles. The summed E-state index contributed by atoms with van der Waals surface area (Å²) < 4.78 is 0. The van der Waals surface area contributed by atoms with Crippen LogP contribution in [0.3, 0.4) is 0 Å². The first-order chi connectivity index (χ1) is 13.8. The van der Waals surface area contributed by atoms with Gasteiger partial charge in [0, 0.05) is 45.0 Å². The molecule has 1 saturated carbocycles. The lowest BCUT2D eigenvalue weighted by atomic mass is 10.1. The summed E-state index contributed by atoms with van der Waals surface area (Å²) in [6.07, 6.45) is 2.88. The first-order valence-electron chi connectivity index (χ1n) is 10.3. The monoisotopic (exact) mass is 413 g/mol. The van der Waals surface area contributed by atoms with Gasteiger partial charge in [0.25, 0.3) is 5.91 Å². The molecule has 1 aliphatic carbocycles. The number of hydrogen-bond acceptors (Lipinski definition) is 4. The van der Waals surface area contributed by atoms with Crippen LogP contribution in [0.4, 0.5) is 11.4 Å². The highest BCUT2D eigenvalue weighted by molar-refractivity contribution is 7.12. The molecule has 0 unspecified atom stereocenters. The Balaban J connectivity index is 1.83. The zero-order chi connectivity index (χ0) is 21.0. The predicted octanol–water partition coefficient (Wildman–Crippen LogP) is 4.85. The fraction of sp³-hybridized carbons (Fsp3) is 0.478. The third-order valence-corrected chi connectivity index (χ3v) is 5.85. The zero-order valence-electron chi connectivity index (χ0n) is 17.8. The van der Waals surface area contributed by atoms with Crippen LogP contribution in [0.25, 0.3) is 0 Å². The van der Waals surface area contributed by atoms with E-state index >= 15 is 0 Å². The molecule has 1 N–H and O–H groups in total. The van der Waals surface area contributed by atoms with Gasteiger partial charge in [0.1, 0.15) is 0 Å². The van der Waals surface area contributed by atoms with Crippen LogP contribution in [-0.2, 0) is 11.3 Å². The quantitative estimate of drug-likeness (QED) is 0.639. The fourth-order valence-corrected chi connectivity index (χ4v) is 4.09. The van der Waals surface area contributed by atoms with Crippen molar-refractivity contribution < 1.29 is 9.59 Å². The smallest absolute Gasteiger partial charge is 0.264 e. The minimum absolute atomic E-state index is 0.0213. The number of carbonyl (C=O) groups excluding carboxylic acids is 2. The number of amides is 2. The van der Waals surface area contributed by atoms with Crippen molar-refractivity contribution in [1.29, 1.82) is 0 Å². The second-order valence-corrected chi connectivity index (χ2v) is 9.44. The summed E-state index contributed by atoms with van der Waals surface area (Å²) in [5.74, 6) is 1.03. The van der Waals surface area contributed by atoms with Crippen LogP contribution in [0.5, 0.6) is 0 Å². The van der Waals surface area contributed by atoms with Crippen LogP contribution >= 0.6 is 11.3 Å². The Morgan fingerprint density at radius 3 is 2.55 bits per heavy atom. The van der Waals surface area contributed by atoms with Crippen molar-refractivity contribution in [1.82, 2.24) is 4.90 Å². The first-order valence-corrected chi connectivity index (χ1v) is 11.1. The van der Waals surface area contributed by atoms with E-state index in [2.05, 4.69) is 10.2 Å². The molecule has 0 bridgehead atoms. The van der Waals surface area contributed by atoms with E-state index in [4.69, 9.17) is 0 Å². The molecular formula is C23H31N3O2S. The summed E-state index contributed by atoms with van der Waals surface area (Å²) in [6.45, 7) is 5.39. The van der Waals surface area contributed by atoms with Gasteiger partial charge in [-0.1, -0.05) is 19.9 Å². The predicted molar refractivity (Wildman–Crippen MR) is 121 cm³/mol. The second kappa shape index (κ2) is 9.44. The Morgan fingerprint density at radius 2 is 1.97 bits per heavy atom. The Kier molecular flexibility index (Phi) is 6.96. The number of rotatable bonds is 9. The van der Waals surface area contributed by atoms with Crippen LogP contribution in [0.1, 0.15) is 48.3 Å². The third-order valence-electron chi connectivity index (χ3n) is 4.99. The van der Waals surface area contributed by atoms with Crippen molar-refractivity contribution in [2.75, 3.05) is 30.9 Å². The largest absolute Gasteiger partial charge is 0.377 e. The normalized spacial score (nSPS) is 13.4. The molecule has 29 heavy (non-hydrogen) atoms. The maximum absolute atomic E-state index is 13.1. The highest BCUT2D eigenvalue weighted by Crippen LogP contribution is 2.32. The molecule has 0 atom stereocenters. The molecule has 2 amide bonds. The second-order valence-electron chi connectivity index (χ2n) is 8.49. The first kappa shape index (κ1) is 21.4. The van der Waals surface area contributed by atoms with Crippen LogP contribution in [0.2, 0.25) is 0 Å². The Labute approximate surface area is 177 Å². The molecule has 1 heterocycles. The number of benzene rings is 1. The summed E-state index contributed by atoms with van der Waals surface area (Å²) in [7, 11) is 4.00. The van der Waals surface area contributed by atoms with E-state index in [1.165, 1.54) is 24.2 Å². The molecule has 3 rings (SSSR count). The van der Waals surface area contributed by atoms with Gasteiger partial charge in [0.05, 0.1) is 4.88 Å². The van der Waals surface area contributed by atoms with Gasteiger partial charge >= 0.3 is 0 Å². The zero-order valence-corrected chi connectivity index (χ0v) is 18.6. The molecule has 0 radical (unpaired) electrons. The summed E-state index contributed by atoms with van der Waals surface area (Å²) in [6, 6.07) is 9.77. The number of nitrogens with one attached hydrogen (secondary N) is 1. The van der Waals surface area contributed by atoms with Gasteiger partial charge in [-0.15, -0.1) is 11.3 Å². The average Bonchev–Trinajstić information content (AvgIpc) is 3.29. The van der Waals surface area contributed by atoms with Crippen LogP contribution in [0, 0.1) is 11.8 Å². The minimum Gasteiger partial charge on any atom is -0.377 e. The van der Waals surface area contributed by atoms with Crippen molar-refractivity contribution in [3.05, 3.63) is 46.2 Å². The highest BCUT2D eigenvalue weighted by atomic mass is 32.1. The van der Waals surface area contributed by atoms with Gasteiger partial charge in [-0.3, -0.25) is 9.59 Å². The fourth-order valence-electron chi connectivity index (χ4n) is 3.40. The molecule has 1 aromatic heterocycles. The van der Waals surface area contributed by atoms with E-state index in [1.807, 2.05) is 68.6 Å². The lowest BCUT2D eigenvalue weighted by Gasteiger charge is -2.26. The van der Waals surface area contributed by atoms with E-state index in [0.29, 0.717) is 24.8 Å². The number of thiophene rings is 1. The number of nitrogens with zero attached hydrogens (tertiary/aromatic N) is 2. The lowest BCUT2D eigenvalue weighted by molar-refractivity contribution is -0.116. The van der Waals surface area contributed by atoms with Gasteiger partial charge in [-0.05, 0) is 59.9 Å². The SMILES string of the molecule is CC(C)CC(=O)Nc1ccc(N(C)C)c(CN(CC2CC2)C(=O)c2cccs2)c1. The average molecular weight is 414 g/mol. The molecule has 5 nitrogen and oxygen atoms in total. The Hall–Kier alpha value is -2.34. The topological polar surface area (TPSA) is 52.7 Å². The minimum atomic E-state index is 0.0213. The molecule has 156 valence electrons. The summed E-state index contributed by atoms with van der Waals surface area (Å²) in [4.78, 5) is 30.1. The summed E-state index contributed by atoms with van der Waals surface area (Å²) >= 11 is 1.49. The summed E-state index contributed by atoms with van der Waals surface area (Å²) in [5.41, 5.74) is 2.89. The van der Waals surface area contributed by atoms with E-state index in [0.717, 1.165) is 28.4 Å². The molecule has 0 spiro atoms. The van der Waals surface area contributed by atoms with Crippen molar-refractivity contribution >= 4 is 34.5 Å². The number of carbonyl (C=O) groups is 2. The van der Waals surface area contributed by atoms with Gasteiger partial charge < -0.3 is 15.1 Å². The standard InChI is InChI=1S/C23H31N3O2S/c1-16(2)12-22(27)24-19-9-10-20(25(3)4)18(13-19)15-26(14-17-7-8-17)23(28)21-6-5-11-29-21/h5-6,9-11,13,16-17H,7-8,12,14-15H2,1-4H3,(H,24,27). The maximum atomic E-state index is 13.1. The maximum Gasteiger partial charge on any atom is 0.264 e. The molecule has 1 fully saturated rings. The molecule has 2 aromatic rings. The van der Waals surface area contributed by atoms with Crippen molar-refractivity contribution in [2.24, 2.45) is 11.8 Å². The molecule has 0 aliphatic heterocycles. The van der Waals surface area contributed by atoms with Crippen LogP contribution in [-0.4, -0.2) is 37.4 Å². The third kappa shape index (κ3) is 6.07. The van der Waals surface area contributed by atoms with Crippen molar-refractivity contribution in [3.8, 4) is 0 Å². The van der Waals surface area contributed by atoms with E-state index in [9.17, 15) is 9.59 Å². The van der Waals surface area contributed by atoms with Gasteiger partial charge in [-0.25, -0.2) is 0 Å². The summed E-state index contributed by atoms with van der Waals surface area (Å²) in [5, 5.41) is 4.95. The van der Waals surface area contributed by atoms with Gasteiger partial charge in [-0.2, -0.15) is 0 Å². The van der Waals surface area contributed by atoms with E-state index in [-0.39, 0.29) is 11.8 Å². The Morgan fingerprint density at radius 1 is 1.21 bits per heavy atom. The van der Waals surface area contributed by atoms with Crippen molar-refractivity contribution in [3.63, 3.8) is 0 Å². The number of hydrogen-bond donors (Lipinski definition) is 1. The lowest BCUT2D eigenvalue weighted by Crippen LogP contribution is -2.32. The van der Waals surface area contributed by atoms with E-state index < -0.39 is 0 Å². The van der Waals surface area contributed by atoms with Gasteiger partial charge in [0.15, 0.2) is 0 Å². The van der Waals surface area contributed by atoms with E-state index in [1.54, 1.807) is 0 Å². The van der Waals surface area contributed by atoms with Crippen LogP contribution in [0.15, 0.2) is 35.7 Å². The number of anilines is 2. The van der Waals surface area contributed by atoms with Crippen molar-refractivity contribution in [2.45, 2.75) is 39.7 Å². The molecule has 6 heteroatoms. The molecule has 0 saturated heterocycles. The molecular weight excluding hydrogens is 382 g/mol.